The van der Waals surface area contributed by atoms with E-state index >= 15 is 0 Å². The van der Waals surface area contributed by atoms with E-state index in [0.29, 0.717) is 38.8 Å². The molecule has 0 saturated carbocycles. The molecule has 3 heterocycles. The van der Waals surface area contributed by atoms with Gasteiger partial charge in [0.25, 0.3) is 5.91 Å². The second-order valence-corrected chi connectivity index (χ2v) is 8.77. The summed E-state index contributed by atoms with van der Waals surface area (Å²) in [6, 6.07) is 12.2. The fourth-order valence-corrected chi connectivity index (χ4v) is 4.73. The summed E-state index contributed by atoms with van der Waals surface area (Å²) in [5, 5.41) is 2.78. The number of carbonyl (C=O) groups excluding carboxylic acids is 2. The van der Waals surface area contributed by atoms with Crippen molar-refractivity contribution in [3.8, 4) is 5.75 Å². The van der Waals surface area contributed by atoms with E-state index in [2.05, 4.69) is 9.73 Å². The lowest BCUT2D eigenvalue weighted by atomic mass is 10.2. The van der Waals surface area contributed by atoms with Crippen molar-refractivity contribution in [3.63, 3.8) is 0 Å². The highest BCUT2D eigenvalue weighted by Gasteiger charge is 2.32. The Kier molecular flexibility index (Phi) is 6.69. The van der Waals surface area contributed by atoms with Gasteiger partial charge in [-0.25, -0.2) is 9.79 Å². The van der Waals surface area contributed by atoms with Gasteiger partial charge >= 0.3 is 5.97 Å². The maximum atomic E-state index is 13.2. The number of methoxy groups -OCH3 is 2. The SMILES string of the molecule is COC(=O)c1ccc(CSC2=N/C(=C\c3cccs3)C(=O)N2c2ccc(OC)c(Cl)c2)o1. The number of carbonyl (C=O) groups is 2. The van der Waals surface area contributed by atoms with Crippen molar-refractivity contribution in [2.24, 2.45) is 4.99 Å². The van der Waals surface area contributed by atoms with Gasteiger partial charge in [0.15, 0.2) is 5.17 Å². The van der Waals surface area contributed by atoms with Crippen LogP contribution >= 0.6 is 34.7 Å². The molecule has 0 saturated heterocycles. The zero-order valence-electron chi connectivity index (χ0n) is 17.0. The van der Waals surface area contributed by atoms with Crippen LogP contribution in [0, 0.1) is 0 Å². The maximum absolute atomic E-state index is 13.2. The molecule has 0 aliphatic carbocycles. The number of amidine groups is 1. The number of benzene rings is 1. The quantitative estimate of drug-likeness (QED) is 0.338. The Balaban J connectivity index is 1.63. The van der Waals surface area contributed by atoms with E-state index in [9.17, 15) is 9.59 Å². The van der Waals surface area contributed by atoms with E-state index < -0.39 is 5.97 Å². The van der Waals surface area contributed by atoms with Crippen LogP contribution in [0.15, 0.2) is 63.0 Å². The molecule has 0 bridgehead atoms. The van der Waals surface area contributed by atoms with Gasteiger partial charge in [-0.2, -0.15) is 0 Å². The fourth-order valence-electron chi connectivity index (χ4n) is 2.92. The minimum Gasteiger partial charge on any atom is -0.495 e. The molecule has 32 heavy (non-hydrogen) atoms. The number of ether oxygens (including phenoxy) is 2. The molecule has 10 heteroatoms. The summed E-state index contributed by atoms with van der Waals surface area (Å²) < 4.78 is 15.4. The van der Waals surface area contributed by atoms with E-state index in [1.54, 1.807) is 36.4 Å². The predicted molar refractivity (Wildman–Crippen MR) is 127 cm³/mol. The van der Waals surface area contributed by atoms with Crippen LogP contribution in [0.2, 0.25) is 5.02 Å². The zero-order chi connectivity index (χ0) is 22.7. The average molecular weight is 489 g/mol. The number of aliphatic imine (C=N–C) groups is 1. The maximum Gasteiger partial charge on any atom is 0.373 e. The summed E-state index contributed by atoms with van der Waals surface area (Å²) in [6.45, 7) is 0. The van der Waals surface area contributed by atoms with E-state index in [-0.39, 0.29) is 11.7 Å². The van der Waals surface area contributed by atoms with Crippen molar-refractivity contribution < 1.29 is 23.5 Å². The number of anilines is 1. The van der Waals surface area contributed by atoms with Crippen molar-refractivity contribution in [1.82, 2.24) is 0 Å². The van der Waals surface area contributed by atoms with Crippen LogP contribution in [0.5, 0.6) is 5.75 Å². The molecule has 0 N–H and O–H groups in total. The molecule has 1 aromatic carbocycles. The third kappa shape index (κ3) is 4.59. The first kappa shape index (κ1) is 22.2. The van der Waals surface area contributed by atoms with Crippen LogP contribution in [0.1, 0.15) is 21.2 Å². The largest absolute Gasteiger partial charge is 0.495 e. The summed E-state index contributed by atoms with van der Waals surface area (Å²) in [5.74, 6) is 0.713. The first-order chi connectivity index (χ1) is 15.5. The highest BCUT2D eigenvalue weighted by Crippen LogP contribution is 2.35. The Morgan fingerprint density at radius 2 is 2.12 bits per heavy atom. The van der Waals surface area contributed by atoms with Crippen LogP contribution in [0.3, 0.4) is 0 Å². The number of hydrogen-bond acceptors (Lipinski definition) is 8. The lowest BCUT2D eigenvalue weighted by Crippen LogP contribution is -2.30. The highest BCUT2D eigenvalue weighted by atomic mass is 35.5. The zero-order valence-corrected chi connectivity index (χ0v) is 19.4. The number of furan rings is 1. The lowest BCUT2D eigenvalue weighted by Gasteiger charge is -2.18. The monoisotopic (exact) mass is 488 g/mol. The first-order valence-corrected chi connectivity index (χ1v) is 11.6. The third-order valence-corrected chi connectivity index (χ3v) is 6.51. The lowest BCUT2D eigenvalue weighted by molar-refractivity contribution is -0.113. The third-order valence-electron chi connectivity index (χ3n) is 4.44. The molecule has 0 unspecified atom stereocenters. The second-order valence-electron chi connectivity index (χ2n) is 6.45. The van der Waals surface area contributed by atoms with Gasteiger partial charge in [0.05, 0.1) is 30.7 Å². The predicted octanol–water partition coefficient (Wildman–Crippen LogP) is 5.47. The smallest absolute Gasteiger partial charge is 0.373 e. The van der Waals surface area contributed by atoms with Crippen LogP contribution < -0.4 is 9.64 Å². The minimum atomic E-state index is -0.551. The Morgan fingerprint density at radius 1 is 1.28 bits per heavy atom. The van der Waals surface area contributed by atoms with Crippen molar-refractivity contribution in [1.29, 1.82) is 0 Å². The molecule has 3 aromatic rings. The molecule has 0 radical (unpaired) electrons. The van der Waals surface area contributed by atoms with Crippen LogP contribution in [-0.4, -0.2) is 31.3 Å². The number of halogens is 1. The number of esters is 1. The van der Waals surface area contributed by atoms with Gasteiger partial charge in [-0.05, 0) is 47.9 Å². The van der Waals surface area contributed by atoms with Crippen LogP contribution in [0.25, 0.3) is 6.08 Å². The summed E-state index contributed by atoms with van der Waals surface area (Å²) in [7, 11) is 2.82. The van der Waals surface area contributed by atoms with Gasteiger partial charge in [0.2, 0.25) is 5.76 Å². The van der Waals surface area contributed by atoms with Gasteiger partial charge in [0, 0.05) is 4.88 Å². The molecule has 164 valence electrons. The van der Waals surface area contributed by atoms with Gasteiger partial charge in [0.1, 0.15) is 17.2 Å². The van der Waals surface area contributed by atoms with E-state index in [4.69, 9.17) is 20.8 Å². The molecule has 0 fully saturated rings. The fraction of sp³-hybridized carbons (Fsp3) is 0.136. The second kappa shape index (κ2) is 9.64. The standard InChI is InChI=1S/C22H17ClN2O5S2/c1-28-18-7-5-13(10-16(18)23)25-20(26)17(11-15-4-3-9-31-15)24-22(25)32-12-14-6-8-19(30-14)21(27)29-2/h3-11H,12H2,1-2H3/b17-11-. The molecule has 0 atom stereocenters. The Bertz CT molecular complexity index is 1220. The average Bonchev–Trinajstić information content (AvgIpc) is 3.53. The van der Waals surface area contributed by atoms with E-state index in [0.717, 1.165) is 4.88 Å². The molecule has 2 aromatic heterocycles. The number of hydrogen-bond donors (Lipinski definition) is 0. The molecule has 1 aliphatic rings. The summed E-state index contributed by atoms with van der Waals surface area (Å²) in [6.07, 6.45) is 1.75. The number of thiophene rings is 1. The van der Waals surface area contributed by atoms with E-state index in [1.165, 1.54) is 42.2 Å². The first-order valence-electron chi connectivity index (χ1n) is 9.32. The normalized spacial score (nSPS) is 14.7. The molecule has 7 nitrogen and oxygen atoms in total. The number of rotatable bonds is 6. The Morgan fingerprint density at radius 3 is 2.81 bits per heavy atom. The molecule has 0 spiro atoms. The Labute approximate surface area is 197 Å². The number of thioether (sulfide) groups is 1. The summed E-state index contributed by atoms with van der Waals surface area (Å²) in [5.41, 5.74) is 0.882. The summed E-state index contributed by atoms with van der Waals surface area (Å²) >= 11 is 9.11. The summed E-state index contributed by atoms with van der Waals surface area (Å²) in [4.78, 5) is 31.8. The van der Waals surface area contributed by atoms with Crippen molar-refractivity contribution >= 4 is 63.5 Å². The van der Waals surface area contributed by atoms with E-state index in [1.807, 2.05) is 17.5 Å². The molecule has 1 aliphatic heterocycles. The topological polar surface area (TPSA) is 81.3 Å². The van der Waals surface area contributed by atoms with Crippen molar-refractivity contribution in [3.05, 3.63) is 75.0 Å². The van der Waals surface area contributed by atoms with Gasteiger partial charge in [-0.1, -0.05) is 29.4 Å². The van der Waals surface area contributed by atoms with Crippen LogP contribution in [-0.2, 0) is 15.3 Å². The minimum absolute atomic E-state index is 0.115. The highest BCUT2D eigenvalue weighted by molar-refractivity contribution is 8.13. The van der Waals surface area contributed by atoms with Gasteiger partial charge in [-0.15, -0.1) is 11.3 Å². The molecule has 4 rings (SSSR count). The van der Waals surface area contributed by atoms with Crippen molar-refractivity contribution in [2.45, 2.75) is 5.75 Å². The van der Waals surface area contributed by atoms with Crippen molar-refractivity contribution in [2.75, 3.05) is 19.1 Å². The van der Waals surface area contributed by atoms with Crippen LogP contribution in [0.4, 0.5) is 5.69 Å². The van der Waals surface area contributed by atoms with Gasteiger partial charge in [-0.3, -0.25) is 9.69 Å². The number of nitrogens with zero attached hydrogens (tertiary/aromatic N) is 2. The molecule has 1 amide bonds. The Hall–Kier alpha value is -3.01. The molecular formula is C22H17ClN2O5S2. The molecular weight excluding hydrogens is 472 g/mol. The van der Waals surface area contributed by atoms with Gasteiger partial charge < -0.3 is 13.9 Å². The number of amides is 1.